The Morgan fingerprint density at radius 2 is 1.83 bits per heavy atom. The number of amides is 1. The molecule has 0 aliphatic heterocycles. The summed E-state index contributed by atoms with van der Waals surface area (Å²) in [5, 5.41) is 2.28. The number of ether oxygens (including phenoxy) is 1. The van der Waals surface area contributed by atoms with Crippen molar-refractivity contribution in [2.75, 3.05) is 7.11 Å². The summed E-state index contributed by atoms with van der Waals surface area (Å²) < 4.78 is 44.7. The Morgan fingerprint density at radius 3 is 2.50 bits per heavy atom. The Labute approximate surface area is 136 Å². The number of carbonyl (C=O) groups excluding carboxylic acids is 2. The molecule has 126 valence electrons. The highest BCUT2D eigenvalue weighted by atomic mass is 19.2. The number of methoxy groups -OCH3 is 1. The molecule has 0 aliphatic rings. The van der Waals surface area contributed by atoms with Gasteiger partial charge in [0.25, 0.3) is 5.91 Å². The first-order valence-electron chi connectivity index (χ1n) is 6.99. The summed E-state index contributed by atoms with van der Waals surface area (Å²) in [6, 6.07) is 7.41. The zero-order valence-corrected chi connectivity index (χ0v) is 12.7. The van der Waals surface area contributed by atoms with Crippen LogP contribution in [0.1, 0.15) is 15.9 Å². The van der Waals surface area contributed by atoms with Crippen molar-refractivity contribution in [3.05, 3.63) is 71.0 Å². The normalized spacial score (nSPS) is 11.7. The molecule has 0 heterocycles. The lowest BCUT2D eigenvalue weighted by Crippen LogP contribution is -2.43. The first kappa shape index (κ1) is 17.5. The molecule has 0 aromatic heterocycles. The van der Waals surface area contributed by atoms with Crippen LogP contribution in [0.2, 0.25) is 0 Å². The summed E-state index contributed by atoms with van der Waals surface area (Å²) >= 11 is 0. The first-order valence-corrected chi connectivity index (χ1v) is 6.99. The molecule has 4 nitrogen and oxygen atoms in total. The van der Waals surface area contributed by atoms with Gasteiger partial charge in [-0.15, -0.1) is 0 Å². The molecule has 24 heavy (non-hydrogen) atoms. The predicted octanol–water partition coefficient (Wildman–Crippen LogP) is 2.62. The first-order chi connectivity index (χ1) is 11.4. The summed E-state index contributed by atoms with van der Waals surface area (Å²) in [5.41, 5.74) is -0.103. The highest BCUT2D eigenvalue weighted by Crippen LogP contribution is 2.13. The fourth-order valence-electron chi connectivity index (χ4n) is 2.15. The van der Waals surface area contributed by atoms with Gasteiger partial charge in [-0.1, -0.05) is 18.2 Å². The number of halogens is 3. The van der Waals surface area contributed by atoms with E-state index in [9.17, 15) is 22.8 Å². The SMILES string of the molecule is COC(=O)[C@H](Cc1cccc(F)c1)NC(=O)c1cccc(F)c1F. The van der Waals surface area contributed by atoms with Crippen molar-refractivity contribution in [3.63, 3.8) is 0 Å². The smallest absolute Gasteiger partial charge is 0.328 e. The number of hydrogen-bond donors (Lipinski definition) is 1. The Balaban J connectivity index is 2.21. The van der Waals surface area contributed by atoms with Crippen LogP contribution >= 0.6 is 0 Å². The van der Waals surface area contributed by atoms with Crippen molar-refractivity contribution in [2.45, 2.75) is 12.5 Å². The van der Waals surface area contributed by atoms with Gasteiger partial charge in [0.2, 0.25) is 0 Å². The Kier molecular flexibility index (Phi) is 5.57. The zero-order valence-electron chi connectivity index (χ0n) is 12.7. The quantitative estimate of drug-likeness (QED) is 0.854. The largest absolute Gasteiger partial charge is 0.467 e. The van der Waals surface area contributed by atoms with E-state index in [0.717, 1.165) is 19.2 Å². The second-order valence-corrected chi connectivity index (χ2v) is 4.98. The van der Waals surface area contributed by atoms with E-state index in [1.54, 1.807) is 6.07 Å². The van der Waals surface area contributed by atoms with Gasteiger partial charge in [-0.3, -0.25) is 4.79 Å². The van der Waals surface area contributed by atoms with E-state index in [0.29, 0.717) is 5.56 Å². The Morgan fingerprint density at radius 1 is 1.12 bits per heavy atom. The molecular weight excluding hydrogens is 323 g/mol. The van der Waals surface area contributed by atoms with Gasteiger partial charge < -0.3 is 10.1 Å². The zero-order chi connectivity index (χ0) is 17.7. The molecule has 2 rings (SSSR count). The average Bonchev–Trinajstić information content (AvgIpc) is 2.56. The molecule has 0 radical (unpaired) electrons. The van der Waals surface area contributed by atoms with Gasteiger partial charge >= 0.3 is 5.97 Å². The van der Waals surface area contributed by atoms with Crippen molar-refractivity contribution in [2.24, 2.45) is 0 Å². The molecule has 0 unspecified atom stereocenters. The third-order valence-corrected chi connectivity index (χ3v) is 3.32. The standard InChI is InChI=1S/C17H14F3NO3/c1-24-17(23)14(9-10-4-2-5-11(18)8-10)21-16(22)12-6-3-7-13(19)15(12)20/h2-8,14H,9H2,1H3,(H,21,22)/t14-/m0/s1. The van der Waals surface area contributed by atoms with Gasteiger partial charge in [0.1, 0.15) is 11.9 Å². The highest BCUT2D eigenvalue weighted by molar-refractivity contribution is 5.97. The van der Waals surface area contributed by atoms with Crippen LogP contribution in [0.5, 0.6) is 0 Å². The van der Waals surface area contributed by atoms with Crippen LogP contribution in [0, 0.1) is 17.5 Å². The van der Waals surface area contributed by atoms with Crippen LogP contribution in [0.15, 0.2) is 42.5 Å². The van der Waals surface area contributed by atoms with Gasteiger partial charge in [-0.05, 0) is 29.8 Å². The summed E-state index contributed by atoms with van der Waals surface area (Å²) in [5.74, 6) is -4.76. The van der Waals surface area contributed by atoms with Crippen LogP contribution in [0.25, 0.3) is 0 Å². The fraction of sp³-hybridized carbons (Fsp3) is 0.176. The molecule has 0 bridgehead atoms. The lowest BCUT2D eigenvalue weighted by molar-refractivity contribution is -0.142. The number of benzene rings is 2. The summed E-state index contributed by atoms with van der Waals surface area (Å²) in [4.78, 5) is 23.9. The van der Waals surface area contributed by atoms with Crippen LogP contribution in [-0.4, -0.2) is 25.0 Å². The van der Waals surface area contributed by atoms with Crippen LogP contribution < -0.4 is 5.32 Å². The third kappa shape index (κ3) is 4.13. The molecular formula is C17H14F3NO3. The van der Waals surface area contributed by atoms with Gasteiger partial charge in [0.15, 0.2) is 11.6 Å². The van der Waals surface area contributed by atoms with E-state index >= 15 is 0 Å². The van der Waals surface area contributed by atoms with Crippen molar-refractivity contribution in [3.8, 4) is 0 Å². The molecule has 2 aromatic rings. The maximum atomic E-state index is 13.7. The van der Waals surface area contributed by atoms with Gasteiger partial charge in [-0.25, -0.2) is 18.0 Å². The lowest BCUT2D eigenvalue weighted by Gasteiger charge is -2.17. The summed E-state index contributed by atoms with van der Waals surface area (Å²) in [6.45, 7) is 0. The van der Waals surface area contributed by atoms with Gasteiger partial charge in [0.05, 0.1) is 12.7 Å². The summed E-state index contributed by atoms with van der Waals surface area (Å²) in [6.07, 6.45) is -0.0624. The third-order valence-electron chi connectivity index (χ3n) is 3.32. The minimum atomic E-state index is -1.32. The molecule has 0 spiro atoms. The molecule has 7 heteroatoms. The van der Waals surface area contributed by atoms with Gasteiger partial charge in [0, 0.05) is 6.42 Å². The molecule has 0 saturated heterocycles. The van der Waals surface area contributed by atoms with E-state index in [4.69, 9.17) is 0 Å². The summed E-state index contributed by atoms with van der Waals surface area (Å²) in [7, 11) is 1.12. The Hall–Kier alpha value is -2.83. The number of rotatable bonds is 5. The molecule has 0 fully saturated rings. The van der Waals surface area contributed by atoms with E-state index in [1.807, 2.05) is 0 Å². The van der Waals surface area contributed by atoms with Crippen LogP contribution in [-0.2, 0) is 16.0 Å². The monoisotopic (exact) mass is 337 g/mol. The van der Waals surface area contributed by atoms with Crippen molar-refractivity contribution < 1.29 is 27.5 Å². The lowest BCUT2D eigenvalue weighted by atomic mass is 10.0. The second-order valence-electron chi connectivity index (χ2n) is 4.98. The van der Waals surface area contributed by atoms with E-state index in [1.165, 1.54) is 24.3 Å². The van der Waals surface area contributed by atoms with Crippen molar-refractivity contribution >= 4 is 11.9 Å². The number of hydrogen-bond acceptors (Lipinski definition) is 3. The number of esters is 1. The van der Waals surface area contributed by atoms with E-state index in [2.05, 4.69) is 10.1 Å². The number of carbonyl (C=O) groups is 2. The molecule has 1 N–H and O–H groups in total. The molecule has 2 aromatic carbocycles. The molecule has 1 amide bonds. The highest BCUT2D eigenvalue weighted by Gasteiger charge is 2.24. The Bertz CT molecular complexity index is 764. The van der Waals surface area contributed by atoms with E-state index < -0.39 is 40.9 Å². The maximum absolute atomic E-state index is 13.7. The maximum Gasteiger partial charge on any atom is 0.328 e. The van der Waals surface area contributed by atoms with Gasteiger partial charge in [-0.2, -0.15) is 0 Å². The van der Waals surface area contributed by atoms with E-state index in [-0.39, 0.29) is 6.42 Å². The minimum absolute atomic E-state index is 0.0624. The minimum Gasteiger partial charge on any atom is -0.467 e. The fourth-order valence-corrected chi connectivity index (χ4v) is 2.15. The second kappa shape index (κ2) is 7.63. The molecule has 0 saturated carbocycles. The van der Waals surface area contributed by atoms with Crippen molar-refractivity contribution in [1.29, 1.82) is 0 Å². The molecule has 1 atom stereocenters. The van der Waals surface area contributed by atoms with Crippen LogP contribution in [0.4, 0.5) is 13.2 Å². The molecule has 0 aliphatic carbocycles. The van der Waals surface area contributed by atoms with Crippen LogP contribution in [0.3, 0.4) is 0 Å². The average molecular weight is 337 g/mol. The van der Waals surface area contributed by atoms with Crippen molar-refractivity contribution in [1.82, 2.24) is 5.32 Å². The predicted molar refractivity (Wildman–Crippen MR) is 79.7 cm³/mol. The number of nitrogens with one attached hydrogen (secondary N) is 1. The topological polar surface area (TPSA) is 55.4 Å².